The molecule has 1 aromatic heterocycles. The third-order valence-corrected chi connectivity index (χ3v) is 3.21. The van der Waals surface area contributed by atoms with Gasteiger partial charge < -0.3 is 10.5 Å². The summed E-state index contributed by atoms with van der Waals surface area (Å²) in [6.45, 7) is 4.03. The Balaban J connectivity index is 2.20. The monoisotopic (exact) mass is 225 g/mol. The van der Waals surface area contributed by atoms with Crippen LogP contribution in [0.5, 0.6) is 0 Å². The van der Waals surface area contributed by atoms with Gasteiger partial charge in [0.2, 0.25) is 0 Å². The maximum Gasteiger partial charge on any atom is 0.266 e. The molecule has 1 aliphatic rings. The van der Waals surface area contributed by atoms with Gasteiger partial charge in [-0.1, -0.05) is 6.92 Å². The maximum absolute atomic E-state index is 11.8. The van der Waals surface area contributed by atoms with Crippen LogP contribution in [-0.4, -0.2) is 29.5 Å². The number of nitrogens with two attached hydrogens (primary N) is 1. The summed E-state index contributed by atoms with van der Waals surface area (Å²) in [7, 11) is 0. The highest BCUT2D eigenvalue weighted by Crippen LogP contribution is 2.19. The topological polar surface area (TPSA) is 73.0 Å². The molecule has 3 N–H and O–H groups in total. The molecule has 1 unspecified atom stereocenters. The van der Waals surface area contributed by atoms with Gasteiger partial charge in [0.25, 0.3) is 5.56 Å². The van der Waals surface area contributed by atoms with Gasteiger partial charge >= 0.3 is 0 Å². The summed E-state index contributed by atoms with van der Waals surface area (Å²) >= 11 is 0. The van der Waals surface area contributed by atoms with E-state index in [0.717, 1.165) is 31.7 Å². The average molecular weight is 225 g/mol. The summed E-state index contributed by atoms with van der Waals surface area (Å²) < 4.78 is 7.01. The van der Waals surface area contributed by atoms with E-state index < -0.39 is 0 Å². The number of ether oxygens (including phenoxy) is 1. The third-order valence-electron chi connectivity index (χ3n) is 3.21. The average Bonchev–Trinajstić information content (AvgIpc) is 2.71. The Morgan fingerprint density at radius 3 is 2.94 bits per heavy atom. The molecule has 1 atom stereocenters. The van der Waals surface area contributed by atoms with Gasteiger partial charge in [0.15, 0.2) is 0 Å². The molecule has 0 bridgehead atoms. The minimum Gasteiger partial charge on any atom is -0.381 e. The predicted octanol–water partition coefficient (Wildman–Crippen LogP) is 0.590. The first-order valence-electron chi connectivity index (χ1n) is 5.81. The SMILES string of the molecule is CC(CN)c1cc(=O)n(C2CCOCC2)[nH]1. The molecule has 1 aliphatic heterocycles. The lowest BCUT2D eigenvalue weighted by molar-refractivity contribution is 0.0652. The van der Waals surface area contributed by atoms with Crippen LogP contribution in [0, 0.1) is 0 Å². The molecule has 1 aromatic rings. The molecule has 0 aromatic carbocycles. The number of nitrogens with one attached hydrogen (secondary N) is 1. The zero-order chi connectivity index (χ0) is 11.5. The van der Waals surface area contributed by atoms with E-state index in [1.165, 1.54) is 0 Å². The Labute approximate surface area is 94.6 Å². The van der Waals surface area contributed by atoms with E-state index in [2.05, 4.69) is 5.10 Å². The lowest BCUT2D eigenvalue weighted by atomic mass is 10.1. The van der Waals surface area contributed by atoms with Crippen LogP contribution in [0.2, 0.25) is 0 Å². The van der Waals surface area contributed by atoms with Gasteiger partial charge in [-0.15, -0.1) is 0 Å². The summed E-state index contributed by atoms with van der Waals surface area (Å²) in [6, 6.07) is 1.91. The number of hydrogen-bond donors (Lipinski definition) is 2. The van der Waals surface area contributed by atoms with Crippen LogP contribution in [0.3, 0.4) is 0 Å². The normalized spacial score (nSPS) is 19.9. The predicted molar refractivity (Wildman–Crippen MR) is 61.6 cm³/mol. The van der Waals surface area contributed by atoms with E-state index in [1.807, 2.05) is 6.92 Å². The molecule has 0 radical (unpaired) electrons. The van der Waals surface area contributed by atoms with Crippen molar-refractivity contribution in [1.29, 1.82) is 0 Å². The first-order valence-corrected chi connectivity index (χ1v) is 5.81. The summed E-state index contributed by atoms with van der Waals surface area (Å²) in [5.74, 6) is 0.203. The fraction of sp³-hybridized carbons (Fsp3) is 0.727. The molecule has 16 heavy (non-hydrogen) atoms. The van der Waals surface area contributed by atoms with Crippen molar-refractivity contribution >= 4 is 0 Å². The molecule has 0 amide bonds. The second-order valence-corrected chi connectivity index (χ2v) is 4.40. The Kier molecular flexibility index (Phi) is 3.46. The lowest BCUT2D eigenvalue weighted by Crippen LogP contribution is -2.27. The van der Waals surface area contributed by atoms with Gasteiger partial charge in [-0.2, -0.15) is 0 Å². The Morgan fingerprint density at radius 1 is 1.62 bits per heavy atom. The van der Waals surface area contributed by atoms with Crippen LogP contribution < -0.4 is 11.3 Å². The van der Waals surface area contributed by atoms with Gasteiger partial charge in [0, 0.05) is 37.4 Å². The molecule has 90 valence electrons. The Hall–Kier alpha value is -1.07. The minimum atomic E-state index is 0.0437. The zero-order valence-corrected chi connectivity index (χ0v) is 9.61. The molecular weight excluding hydrogens is 206 g/mol. The highest BCUT2D eigenvalue weighted by atomic mass is 16.5. The second-order valence-electron chi connectivity index (χ2n) is 4.40. The fourth-order valence-corrected chi connectivity index (χ4v) is 2.02. The Morgan fingerprint density at radius 2 is 2.31 bits per heavy atom. The molecule has 5 nitrogen and oxygen atoms in total. The summed E-state index contributed by atoms with van der Waals surface area (Å²) in [6.07, 6.45) is 1.80. The molecular formula is C11H19N3O2. The highest BCUT2D eigenvalue weighted by Gasteiger charge is 2.19. The van der Waals surface area contributed by atoms with Gasteiger partial charge in [0.05, 0.1) is 6.04 Å². The maximum atomic E-state index is 11.8. The third kappa shape index (κ3) is 2.20. The van der Waals surface area contributed by atoms with E-state index in [0.29, 0.717) is 6.54 Å². The van der Waals surface area contributed by atoms with E-state index >= 15 is 0 Å². The largest absolute Gasteiger partial charge is 0.381 e. The van der Waals surface area contributed by atoms with Crippen molar-refractivity contribution < 1.29 is 4.74 Å². The van der Waals surface area contributed by atoms with Gasteiger partial charge in [-0.05, 0) is 12.8 Å². The van der Waals surface area contributed by atoms with Crippen molar-refractivity contribution in [1.82, 2.24) is 9.78 Å². The van der Waals surface area contributed by atoms with Crippen LogP contribution in [0.25, 0.3) is 0 Å². The summed E-state index contributed by atoms with van der Waals surface area (Å²) in [4.78, 5) is 11.8. The highest BCUT2D eigenvalue weighted by molar-refractivity contribution is 5.06. The van der Waals surface area contributed by atoms with Gasteiger partial charge in [-0.25, -0.2) is 4.68 Å². The van der Waals surface area contributed by atoms with Crippen LogP contribution in [-0.2, 0) is 4.74 Å². The molecule has 2 heterocycles. The Bertz CT molecular complexity index is 390. The van der Waals surface area contributed by atoms with E-state index in [-0.39, 0.29) is 17.5 Å². The van der Waals surface area contributed by atoms with Crippen molar-refractivity contribution in [3.05, 3.63) is 22.1 Å². The van der Waals surface area contributed by atoms with Crippen LogP contribution in [0.4, 0.5) is 0 Å². The fourth-order valence-electron chi connectivity index (χ4n) is 2.02. The second kappa shape index (κ2) is 4.84. The van der Waals surface area contributed by atoms with E-state index in [1.54, 1.807) is 10.7 Å². The number of hydrogen-bond acceptors (Lipinski definition) is 3. The quantitative estimate of drug-likeness (QED) is 0.790. The van der Waals surface area contributed by atoms with Gasteiger partial charge in [-0.3, -0.25) is 9.89 Å². The van der Waals surface area contributed by atoms with Crippen molar-refractivity contribution in [2.45, 2.75) is 31.7 Å². The van der Waals surface area contributed by atoms with Crippen molar-refractivity contribution in [3.63, 3.8) is 0 Å². The number of aromatic amines is 1. The number of rotatable bonds is 3. The van der Waals surface area contributed by atoms with Crippen molar-refractivity contribution in [3.8, 4) is 0 Å². The number of H-pyrrole nitrogens is 1. The minimum absolute atomic E-state index is 0.0437. The van der Waals surface area contributed by atoms with E-state index in [4.69, 9.17) is 10.5 Å². The molecule has 0 aliphatic carbocycles. The zero-order valence-electron chi connectivity index (χ0n) is 9.61. The lowest BCUT2D eigenvalue weighted by Gasteiger charge is -2.22. The molecule has 1 fully saturated rings. The number of nitrogens with zero attached hydrogens (tertiary/aromatic N) is 1. The molecule has 5 heteroatoms. The van der Waals surface area contributed by atoms with E-state index in [9.17, 15) is 4.79 Å². The van der Waals surface area contributed by atoms with Crippen molar-refractivity contribution in [2.24, 2.45) is 5.73 Å². The van der Waals surface area contributed by atoms with Crippen LogP contribution in [0.1, 0.15) is 37.4 Å². The molecule has 0 spiro atoms. The standard InChI is InChI=1S/C11H19N3O2/c1-8(7-12)10-6-11(15)14(13-10)9-2-4-16-5-3-9/h6,8-9,13H,2-5,7,12H2,1H3. The smallest absolute Gasteiger partial charge is 0.266 e. The molecule has 0 saturated carbocycles. The van der Waals surface area contributed by atoms with Crippen LogP contribution in [0.15, 0.2) is 10.9 Å². The summed E-state index contributed by atoms with van der Waals surface area (Å²) in [5, 5.41) is 3.17. The summed E-state index contributed by atoms with van der Waals surface area (Å²) in [5.41, 5.74) is 6.56. The molecule has 2 rings (SSSR count). The first kappa shape index (κ1) is 11.4. The molecule has 1 saturated heterocycles. The first-order chi connectivity index (χ1) is 7.72. The van der Waals surface area contributed by atoms with Gasteiger partial charge in [0.1, 0.15) is 0 Å². The van der Waals surface area contributed by atoms with Crippen molar-refractivity contribution in [2.75, 3.05) is 19.8 Å². The van der Waals surface area contributed by atoms with Crippen LogP contribution >= 0.6 is 0 Å². The number of aromatic nitrogens is 2.